The Hall–Kier alpha value is -0.540. The molecular formula is C16H25BrN2. The van der Waals surface area contributed by atoms with Gasteiger partial charge in [-0.15, -0.1) is 0 Å². The summed E-state index contributed by atoms with van der Waals surface area (Å²) < 4.78 is 1.22. The van der Waals surface area contributed by atoms with E-state index < -0.39 is 0 Å². The summed E-state index contributed by atoms with van der Waals surface area (Å²) in [6.45, 7) is 6.47. The van der Waals surface area contributed by atoms with Crippen LogP contribution in [0.4, 0.5) is 5.69 Å². The van der Waals surface area contributed by atoms with Crippen molar-refractivity contribution >= 4 is 21.6 Å². The van der Waals surface area contributed by atoms with Crippen LogP contribution in [0.5, 0.6) is 0 Å². The molecule has 0 aromatic heterocycles. The predicted octanol–water partition coefficient (Wildman–Crippen LogP) is 3.97. The fraction of sp³-hybridized carbons (Fsp3) is 0.625. The number of nitrogens with two attached hydrogens (primary N) is 1. The van der Waals surface area contributed by atoms with E-state index in [1.165, 1.54) is 35.0 Å². The summed E-state index contributed by atoms with van der Waals surface area (Å²) in [6, 6.07) is 7.47. The van der Waals surface area contributed by atoms with Gasteiger partial charge < -0.3 is 10.6 Å². The summed E-state index contributed by atoms with van der Waals surface area (Å²) in [6.07, 6.45) is 4.89. The van der Waals surface area contributed by atoms with E-state index in [4.69, 9.17) is 5.73 Å². The Morgan fingerprint density at radius 2 is 2.11 bits per heavy atom. The van der Waals surface area contributed by atoms with E-state index in [0.717, 1.165) is 24.9 Å². The summed E-state index contributed by atoms with van der Waals surface area (Å²) in [4.78, 5) is 2.58. The van der Waals surface area contributed by atoms with Gasteiger partial charge in [-0.05, 0) is 71.8 Å². The van der Waals surface area contributed by atoms with Crippen molar-refractivity contribution in [2.75, 3.05) is 18.0 Å². The fourth-order valence-corrected chi connectivity index (χ4v) is 3.04. The first-order valence-electron chi connectivity index (χ1n) is 7.37. The molecule has 0 unspecified atom stereocenters. The molecule has 0 bridgehead atoms. The monoisotopic (exact) mass is 324 g/mol. The third kappa shape index (κ3) is 4.22. The van der Waals surface area contributed by atoms with Gasteiger partial charge in [0.25, 0.3) is 0 Å². The van der Waals surface area contributed by atoms with Crippen molar-refractivity contribution in [2.24, 2.45) is 11.7 Å². The number of rotatable bonds is 7. The molecular weight excluding hydrogens is 300 g/mol. The number of nitrogens with zero attached hydrogens (tertiary/aromatic N) is 1. The van der Waals surface area contributed by atoms with Crippen molar-refractivity contribution in [1.29, 1.82) is 0 Å². The number of anilines is 1. The maximum atomic E-state index is 5.62. The molecule has 0 amide bonds. The minimum atomic E-state index is 0.714. The minimum absolute atomic E-state index is 0.714. The molecule has 2 nitrogen and oxygen atoms in total. The van der Waals surface area contributed by atoms with Crippen molar-refractivity contribution in [1.82, 2.24) is 0 Å². The van der Waals surface area contributed by atoms with E-state index in [9.17, 15) is 0 Å². The first-order valence-corrected chi connectivity index (χ1v) is 8.16. The third-order valence-corrected chi connectivity index (χ3v) is 4.32. The van der Waals surface area contributed by atoms with E-state index in [1.54, 1.807) is 0 Å². The highest BCUT2D eigenvalue weighted by Crippen LogP contribution is 2.36. The lowest BCUT2D eigenvalue weighted by Crippen LogP contribution is -2.28. The molecule has 0 heterocycles. The van der Waals surface area contributed by atoms with Gasteiger partial charge in [0.2, 0.25) is 0 Å². The van der Waals surface area contributed by atoms with Crippen LogP contribution < -0.4 is 10.6 Å². The lowest BCUT2D eigenvalue weighted by molar-refractivity contribution is 0.570. The molecule has 1 aromatic carbocycles. The third-order valence-electron chi connectivity index (χ3n) is 3.69. The summed E-state index contributed by atoms with van der Waals surface area (Å²) in [5.41, 5.74) is 8.29. The van der Waals surface area contributed by atoms with Crippen molar-refractivity contribution in [2.45, 2.75) is 45.6 Å². The molecule has 19 heavy (non-hydrogen) atoms. The molecule has 3 heteroatoms. The molecule has 0 atom stereocenters. The van der Waals surface area contributed by atoms with Crippen molar-refractivity contribution in [3.05, 3.63) is 28.2 Å². The Morgan fingerprint density at radius 1 is 1.37 bits per heavy atom. The van der Waals surface area contributed by atoms with E-state index in [-0.39, 0.29) is 0 Å². The molecule has 1 aliphatic carbocycles. The second-order valence-electron chi connectivity index (χ2n) is 5.93. The van der Waals surface area contributed by atoms with Crippen LogP contribution in [0.25, 0.3) is 0 Å². The molecule has 0 radical (unpaired) electrons. The van der Waals surface area contributed by atoms with Crippen molar-refractivity contribution in [3.63, 3.8) is 0 Å². The van der Waals surface area contributed by atoms with Gasteiger partial charge in [-0.25, -0.2) is 0 Å². The Bertz CT molecular complexity index is 413. The van der Waals surface area contributed by atoms with Gasteiger partial charge in [0.05, 0.1) is 5.69 Å². The summed E-state index contributed by atoms with van der Waals surface area (Å²) in [5, 5.41) is 0. The minimum Gasteiger partial charge on any atom is -0.368 e. The molecule has 1 aliphatic rings. The lowest BCUT2D eigenvalue weighted by Gasteiger charge is -2.27. The summed E-state index contributed by atoms with van der Waals surface area (Å²) in [7, 11) is 0. The van der Waals surface area contributed by atoms with Gasteiger partial charge in [0, 0.05) is 17.1 Å². The Morgan fingerprint density at radius 3 is 2.63 bits per heavy atom. The zero-order valence-electron chi connectivity index (χ0n) is 12.0. The van der Waals surface area contributed by atoms with Gasteiger partial charge in [0.1, 0.15) is 0 Å². The van der Waals surface area contributed by atoms with Crippen molar-refractivity contribution < 1.29 is 0 Å². The van der Waals surface area contributed by atoms with Crippen LogP contribution >= 0.6 is 15.9 Å². The molecule has 1 saturated carbocycles. The molecule has 2 rings (SSSR count). The predicted molar refractivity (Wildman–Crippen MR) is 86.7 cm³/mol. The lowest BCUT2D eigenvalue weighted by atomic mass is 10.1. The highest BCUT2D eigenvalue weighted by Gasteiger charge is 2.30. The zero-order valence-corrected chi connectivity index (χ0v) is 13.6. The second-order valence-corrected chi connectivity index (χ2v) is 6.79. The van der Waals surface area contributed by atoms with Crippen molar-refractivity contribution in [3.8, 4) is 0 Å². The number of halogens is 1. The standard InChI is InChI=1S/C16H25BrN2/c1-12(2)8-10-19(14-4-5-14)16-6-3-13(7-9-18)11-15(16)17/h3,6,11-12,14H,4-5,7-10,18H2,1-2H3. The molecule has 0 spiro atoms. The smallest absolute Gasteiger partial charge is 0.0513 e. The van der Waals surface area contributed by atoms with E-state index in [2.05, 4.69) is 52.9 Å². The topological polar surface area (TPSA) is 29.3 Å². The molecule has 0 aliphatic heterocycles. The summed E-state index contributed by atoms with van der Waals surface area (Å²) in [5.74, 6) is 0.761. The highest BCUT2D eigenvalue weighted by atomic mass is 79.9. The van der Waals surface area contributed by atoms with Crippen LogP contribution in [0.1, 0.15) is 38.7 Å². The quantitative estimate of drug-likeness (QED) is 0.822. The van der Waals surface area contributed by atoms with Crippen LogP contribution in [0.3, 0.4) is 0 Å². The average Bonchev–Trinajstić information content (AvgIpc) is 3.16. The van der Waals surface area contributed by atoms with Gasteiger partial charge in [0.15, 0.2) is 0 Å². The Kier molecular flexibility index (Phi) is 5.28. The highest BCUT2D eigenvalue weighted by molar-refractivity contribution is 9.10. The summed E-state index contributed by atoms with van der Waals surface area (Å²) >= 11 is 3.74. The fourth-order valence-electron chi connectivity index (χ4n) is 2.39. The van der Waals surface area contributed by atoms with E-state index in [1.807, 2.05) is 0 Å². The van der Waals surface area contributed by atoms with E-state index >= 15 is 0 Å². The van der Waals surface area contributed by atoms with Crippen LogP contribution in [0.2, 0.25) is 0 Å². The number of hydrogen-bond donors (Lipinski definition) is 1. The normalized spacial score (nSPS) is 15.0. The van der Waals surface area contributed by atoms with E-state index in [0.29, 0.717) is 6.54 Å². The van der Waals surface area contributed by atoms with Crippen LogP contribution in [0, 0.1) is 5.92 Å². The average molecular weight is 325 g/mol. The maximum absolute atomic E-state index is 5.62. The van der Waals surface area contributed by atoms with Crippen LogP contribution in [0.15, 0.2) is 22.7 Å². The van der Waals surface area contributed by atoms with Crippen LogP contribution in [-0.2, 0) is 6.42 Å². The molecule has 1 fully saturated rings. The maximum Gasteiger partial charge on any atom is 0.0513 e. The zero-order chi connectivity index (χ0) is 13.8. The molecule has 106 valence electrons. The van der Waals surface area contributed by atoms with Gasteiger partial charge in [-0.2, -0.15) is 0 Å². The molecule has 2 N–H and O–H groups in total. The van der Waals surface area contributed by atoms with Crippen LogP contribution in [-0.4, -0.2) is 19.1 Å². The number of benzene rings is 1. The Balaban J connectivity index is 2.12. The number of hydrogen-bond acceptors (Lipinski definition) is 2. The molecule has 1 aromatic rings. The largest absolute Gasteiger partial charge is 0.368 e. The Labute approximate surface area is 125 Å². The second kappa shape index (κ2) is 6.76. The first kappa shape index (κ1) is 14.9. The van der Waals surface area contributed by atoms with Gasteiger partial charge >= 0.3 is 0 Å². The first-order chi connectivity index (χ1) is 9.11. The van der Waals surface area contributed by atoms with Gasteiger partial charge in [-0.1, -0.05) is 19.9 Å². The van der Waals surface area contributed by atoms with Gasteiger partial charge in [-0.3, -0.25) is 0 Å². The molecule has 0 saturated heterocycles. The SMILES string of the molecule is CC(C)CCN(c1ccc(CCN)cc1Br)C1CC1.